The highest BCUT2D eigenvalue weighted by Gasteiger charge is 2.36. The third-order valence-corrected chi connectivity index (χ3v) is 6.44. The molecule has 0 spiro atoms. The number of carbonyl (C=O) groups excluding carboxylic acids is 3. The summed E-state index contributed by atoms with van der Waals surface area (Å²) in [5, 5.41) is 3.98. The highest BCUT2D eigenvalue weighted by molar-refractivity contribution is 6.00. The number of nitrogens with one attached hydrogen (secondary N) is 2. The van der Waals surface area contributed by atoms with Gasteiger partial charge in [0.2, 0.25) is 11.8 Å². The number of amides is 3. The van der Waals surface area contributed by atoms with Gasteiger partial charge in [0.05, 0.1) is 0 Å². The molecule has 7 nitrogen and oxygen atoms in total. The summed E-state index contributed by atoms with van der Waals surface area (Å²) in [6, 6.07) is 14.4. The summed E-state index contributed by atoms with van der Waals surface area (Å²) in [7, 11) is 0. The van der Waals surface area contributed by atoms with E-state index in [0.717, 1.165) is 42.4 Å². The Morgan fingerprint density at radius 3 is 2.56 bits per heavy atom. The first-order chi connectivity index (χ1) is 15.6. The number of para-hydroxylation sites is 1. The zero-order valence-electron chi connectivity index (χ0n) is 17.8. The lowest BCUT2D eigenvalue weighted by Gasteiger charge is -2.24. The fourth-order valence-electron chi connectivity index (χ4n) is 4.67. The van der Waals surface area contributed by atoms with E-state index >= 15 is 0 Å². The van der Waals surface area contributed by atoms with Gasteiger partial charge in [-0.05, 0) is 55.2 Å². The van der Waals surface area contributed by atoms with Crippen molar-refractivity contribution in [1.82, 2.24) is 14.8 Å². The quantitative estimate of drug-likeness (QED) is 0.649. The van der Waals surface area contributed by atoms with Gasteiger partial charge in [0, 0.05) is 54.4 Å². The number of nitrogens with zero attached hydrogens (tertiary/aromatic N) is 2. The van der Waals surface area contributed by atoms with Gasteiger partial charge in [-0.25, -0.2) is 0 Å². The van der Waals surface area contributed by atoms with Crippen LogP contribution in [0.4, 0.5) is 5.69 Å². The summed E-state index contributed by atoms with van der Waals surface area (Å²) in [5.41, 5.74) is 3.26. The summed E-state index contributed by atoms with van der Waals surface area (Å²) in [6.45, 7) is 2.00. The monoisotopic (exact) mass is 430 g/mol. The number of anilines is 1. The molecule has 1 atom stereocenters. The Morgan fingerprint density at radius 1 is 1.03 bits per heavy atom. The van der Waals surface area contributed by atoms with Crippen molar-refractivity contribution in [2.75, 3.05) is 18.4 Å². The van der Waals surface area contributed by atoms with Gasteiger partial charge in [0.1, 0.15) is 6.04 Å². The first-order valence-corrected chi connectivity index (χ1v) is 11.1. The molecule has 2 N–H and O–H groups in total. The minimum atomic E-state index is -0.512. The molecule has 2 aliphatic heterocycles. The third kappa shape index (κ3) is 3.86. The molecule has 164 valence electrons. The van der Waals surface area contributed by atoms with Crippen LogP contribution in [-0.2, 0) is 16.1 Å². The van der Waals surface area contributed by atoms with E-state index in [0.29, 0.717) is 30.6 Å². The van der Waals surface area contributed by atoms with Gasteiger partial charge in [0.15, 0.2) is 0 Å². The molecule has 2 fully saturated rings. The Balaban J connectivity index is 1.27. The number of likely N-dealkylation sites (tertiary alicyclic amines) is 2. The standard InChI is InChI=1S/C25H26N4O3/c30-23-12-11-22(29(23)16-18-15-26-21-6-2-1-5-20(18)21)24(31)27-19-9-7-17(8-10-19)25(32)28-13-3-4-14-28/h1-2,5-10,15,22,26H,3-4,11-14,16H2,(H,27,31). The molecular weight excluding hydrogens is 404 g/mol. The number of fused-ring (bicyclic) bond motifs is 1. The maximum atomic E-state index is 13.0. The Labute approximate surface area is 186 Å². The lowest BCUT2D eigenvalue weighted by molar-refractivity contribution is -0.133. The molecule has 2 aromatic carbocycles. The second-order valence-corrected chi connectivity index (χ2v) is 8.50. The van der Waals surface area contributed by atoms with Crippen molar-refractivity contribution in [3.05, 3.63) is 65.9 Å². The normalized spacial score (nSPS) is 18.5. The predicted molar refractivity (Wildman–Crippen MR) is 122 cm³/mol. The van der Waals surface area contributed by atoms with E-state index in [-0.39, 0.29) is 17.7 Å². The summed E-state index contributed by atoms with van der Waals surface area (Å²) in [4.78, 5) is 44.8. The third-order valence-electron chi connectivity index (χ3n) is 6.44. The molecular formula is C25H26N4O3. The summed E-state index contributed by atoms with van der Waals surface area (Å²) >= 11 is 0. The van der Waals surface area contributed by atoms with Gasteiger partial charge in [-0.1, -0.05) is 18.2 Å². The van der Waals surface area contributed by atoms with Gasteiger partial charge in [-0.3, -0.25) is 14.4 Å². The van der Waals surface area contributed by atoms with Crippen LogP contribution in [0.2, 0.25) is 0 Å². The summed E-state index contributed by atoms with van der Waals surface area (Å²) in [5.74, 6) is -0.178. The molecule has 0 saturated carbocycles. The van der Waals surface area contributed by atoms with Crippen LogP contribution >= 0.6 is 0 Å². The number of aromatic amines is 1. The Kier molecular flexibility index (Phi) is 5.39. The second kappa shape index (κ2) is 8.49. The van der Waals surface area contributed by atoms with Crippen molar-refractivity contribution in [2.45, 2.75) is 38.3 Å². The Bertz CT molecular complexity index is 1160. The van der Waals surface area contributed by atoms with Crippen molar-refractivity contribution < 1.29 is 14.4 Å². The van der Waals surface area contributed by atoms with Crippen molar-refractivity contribution in [3.8, 4) is 0 Å². The zero-order valence-corrected chi connectivity index (χ0v) is 17.8. The first-order valence-electron chi connectivity index (χ1n) is 11.1. The van der Waals surface area contributed by atoms with E-state index in [4.69, 9.17) is 0 Å². The summed E-state index contributed by atoms with van der Waals surface area (Å²) < 4.78 is 0. The minimum Gasteiger partial charge on any atom is -0.361 e. The molecule has 32 heavy (non-hydrogen) atoms. The van der Waals surface area contributed by atoms with Crippen molar-refractivity contribution in [3.63, 3.8) is 0 Å². The van der Waals surface area contributed by atoms with E-state index in [9.17, 15) is 14.4 Å². The van der Waals surface area contributed by atoms with Gasteiger partial charge < -0.3 is 20.1 Å². The molecule has 0 radical (unpaired) electrons. The maximum Gasteiger partial charge on any atom is 0.253 e. The molecule has 0 aliphatic carbocycles. The van der Waals surface area contributed by atoms with E-state index in [1.165, 1.54) is 0 Å². The zero-order chi connectivity index (χ0) is 22.1. The van der Waals surface area contributed by atoms with Gasteiger partial charge >= 0.3 is 0 Å². The lowest BCUT2D eigenvalue weighted by Crippen LogP contribution is -2.41. The molecule has 1 aromatic heterocycles. The van der Waals surface area contributed by atoms with Crippen LogP contribution in [0, 0.1) is 0 Å². The van der Waals surface area contributed by atoms with Crippen molar-refractivity contribution in [1.29, 1.82) is 0 Å². The molecule has 2 aliphatic rings. The van der Waals surface area contributed by atoms with Crippen LogP contribution in [-0.4, -0.2) is 51.6 Å². The van der Waals surface area contributed by atoms with Crippen LogP contribution in [0.15, 0.2) is 54.7 Å². The average molecular weight is 431 g/mol. The van der Waals surface area contributed by atoms with E-state index in [2.05, 4.69) is 10.3 Å². The molecule has 1 unspecified atom stereocenters. The van der Waals surface area contributed by atoms with Gasteiger partial charge in [-0.15, -0.1) is 0 Å². The Hall–Kier alpha value is -3.61. The highest BCUT2D eigenvalue weighted by Crippen LogP contribution is 2.26. The predicted octanol–water partition coefficient (Wildman–Crippen LogP) is 3.53. The number of hydrogen-bond acceptors (Lipinski definition) is 3. The maximum absolute atomic E-state index is 13.0. The molecule has 7 heteroatoms. The molecule has 0 bridgehead atoms. The molecule has 3 heterocycles. The van der Waals surface area contributed by atoms with Gasteiger partial charge in [-0.2, -0.15) is 0 Å². The average Bonchev–Trinajstić information content (AvgIpc) is 3.56. The minimum absolute atomic E-state index is 0.0120. The van der Waals surface area contributed by atoms with Crippen LogP contribution in [0.1, 0.15) is 41.6 Å². The number of hydrogen-bond donors (Lipinski definition) is 2. The van der Waals surface area contributed by atoms with E-state index in [1.54, 1.807) is 29.2 Å². The van der Waals surface area contributed by atoms with Crippen LogP contribution in [0.25, 0.3) is 10.9 Å². The summed E-state index contributed by atoms with van der Waals surface area (Å²) in [6.07, 6.45) is 4.87. The largest absolute Gasteiger partial charge is 0.361 e. The molecule has 3 amide bonds. The lowest BCUT2D eigenvalue weighted by atomic mass is 10.1. The number of aromatic nitrogens is 1. The van der Waals surface area contributed by atoms with Crippen LogP contribution in [0.5, 0.6) is 0 Å². The second-order valence-electron chi connectivity index (χ2n) is 8.50. The van der Waals surface area contributed by atoms with Crippen molar-refractivity contribution >= 4 is 34.3 Å². The van der Waals surface area contributed by atoms with Crippen molar-refractivity contribution in [2.24, 2.45) is 0 Å². The van der Waals surface area contributed by atoms with E-state index in [1.807, 2.05) is 35.4 Å². The molecule has 5 rings (SSSR count). The number of carbonyl (C=O) groups is 3. The number of H-pyrrole nitrogens is 1. The number of rotatable bonds is 5. The molecule has 3 aromatic rings. The molecule has 2 saturated heterocycles. The van der Waals surface area contributed by atoms with Crippen LogP contribution < -0.4 is 5.32 Å². The first kappa shape index (κ1) is 20.3. The van der Waals surface area contributed by atoms with E-state index < -0.39 is 6.04 Å². The highest BCUT2D eigenvalue weighted by atomic mass is 16.2. The smallest absolute Gasteiger partial charge is 0.253 e. The fraction of sp³-hybridized carbons (Fsp3) is 0.320. The van der Waals surface area contributed by atoms with Gasteiger partial charge in [0.25, 0.3) is 5.91 Å². The SMILES string of the molecule is O=C(Nc1ccc(C(=O)N2CCCC2)cc1)C1CCC(=O)N1Cc1c[nH]c2ccccc12. The Morgan fingerprint density at radius 2 is 1.78 bits per heavy atom. The number of benzene rings is 2. The van der Waals surface area contributed by atoms with Crippen LogP contribution in [0.3, 0.4) is 0 Å². The topological polar surface area (TPSA) is 85.5 Å². The fourth-order valence-corrected chi connectivity index (χ4v) is 4.67.